The van der Waals surface area contributed by atoms with Gasteiger partial charge in [0.2, 0.25) is 0 Å². The zero-order valence-electron chi connectivity index (χ0n) is 12.2. The maximum atomic E-state index is 6.35. The number of halogens is 1. The van der Waals surface area contributed by atoms with Gasteiger partial charge in [-0.15, -0.1) is 0 Å². The number of nitrogens with zero attached hydrogens (tertiary/aromatic N) is 2. The van der Waals surface area contributed by atoms with Crippen molar-refractivity contribution < 1.29 is 4.74 Å². The summed E-state index contributed by atoms with van der Waals surface area (Å²) in [6.07, 6.45) is 2.27. The molecule has 0 aromatic carbocycles. The average Bonchev–Trinajstić information content (AvgIpc) is 2.88. The number of hydrogen-bond donors (Lipinski definition) is 1. The molecule has 0 amide bonds. The van der Waals surface area contributed by atoms with Gasteiger partial charge in [0.15, 0.2) is 0 Å². The Morgan fingerprint density at radius 2 is 2.32 bits per heavy atom. The predicted octanol–water partition coefficient (Wildman–Crippen LogP) is 2.33. The fourth-order valence-corrected chi connectivity index (χ4v) is 3.15. The first-order chi connectivity index (χ1) is 9.04. The first-order valence-corrected chi connectivity index (χ1v) is 7.45. The number of rotatable bonds is 5. The highest BCUT2D eigenvalue weighted by molar-refractivity contribution is 6.31. The maximum absolute atomic E-state index is 6.35. The van der Waals surface area contributed by atoms with Gasteiger partial charge in [0, 0.05) is 26.1 Å². The van der Waals surface area contributed by atoms with Crippen molar-refractivity contribution in [2.45, 2.75) is 45.8 Å². The number of aromatic nitrogens is 2. The van der Waals surface area contributed by atoms with Gasteiger partial charge in [0.1, 0.15) is 0 Å². The standard InChI is InChI=1S/C14H24ClN3O/c1-5-16-11(14-9(2)6-7-19-14)8-12-13(15)10(3)17-18(12)4/h9,11,14,16H,5-8H2,1-4H3. The summed E-state index contributed by atoms with van der Waals surface area (Å²) >= 11 is 6.35. The first kappa shape index (κ1) is 14.8. The van der Waals surface area contributed by atoms with E-state index >= 15 is 0 Å². The Morgan fingerprint density at radius 1 is 1.58 bits per heavy atom. The van der Waals surface area contributed by atoms with Crippen LogP contribution in [0.4, 0.5) is 0 Å². The van der Waals surface area contributed by atoms with E-state index in [1.807, 2.05) is 18.7 Å². The molecule has 0 saturated carbocycles. The molecule has 0 bridgehead atoms. The van der Waals surface area contributed by atoms with Gasteiger partial charge < -0.3 is 10.1 Å². The van der Waals surface area contributed by atoms with Crippen LogP contribution in [0.15, 0.2) is 0 Å². The number of likely N-dealkylation sites (N-methyl/N-ethyl adjacent to an activating group) is 1. The van der Waals surface area contributed by atoms with Crippen LogP contribution in [-0.2, 0) is 18.2 Å². The van der Waals surface area contributed by atoms with E-state index < -0.39 is 0 Å². The summed E-state index contributed by atoms with van der Waals surface area (Å²) in [5.41, 5.74) is 1.99. The molecule has 1 aliphatic heterocycles. The molecule has 1 aliphatic rings. The molecular formula is C14H24ClN3O. The smallest absolute Gasteiger partial charge is 0.0847 e. The Hall–Kier alpha value is -0.580. The van der Waals surface area contributed by atoms with Gasteiger partial charge in [-0.1, -0.05) is 25.4 Å². The van der Waals surface area contributed by atoms with Gasteiger partial charge in [-0.3, -0.25) is 4.68 Å². The fourth-order valence-electron chi connectivity index (χ4n) is 2.91. The summed E-state index contributed by atoms with van der Waals surface area (Å²) in [4.78, 5) is 0. The van der Waals surface area contributed by atoms with Crippen LogP contribution in [0.5, 0.6) is 0 Å². The van der Waals surface area contributed by atoms with Crippen LogP contribution in [0.25, 0.3) is 0 Å². The van der Waals surface area contributed by atoms with Gasteiger partial charge in [-0.2, -0.15) is 5.10 Å². The average molecular weight is 286 g/mol. The second-order valence-corrected chi connectivity index (χ2v) is 5.82. The molecule has 4 nitrogen and oxygen atoms in total. The third-order valence-electron chi connectivity index (χ3n) is 3.98. The van der Waals surface area contributed by atoms with E-state index in [-0.39, 0.29) is 6.10 Å². The minimum Gasteiger partial charge on any atom is -0.376 e. The Bertz CT molecular complexity index is 433. The van der Waals surface area contributed by atoms with Crippen molar-refractivity contribution in [1.82, 2.24) is 15.1 Å². The molecule has 108 valence electrons. The highest BCUT2D eigenvalue weighted by atomic mass is 35.5. The van der Waals surface area contributed by atoms with Crippen molar-refractivity contribution in [1.29, 1.82) is 0 Å². The second kappa shape index (κ2) is 6.25. The largest absolute Gasteiger partial charge is 0.376 e. The van der Waals surface area contributed by atoms with Crippen LogP contribution in [-0.4, -0.2) is 35.1 Å². The summed E-state index contributed by atoms with van der Waals surface area (Å²) < 4.78 is 7.79. The first-order valence-electron chi connectivity index (χ1n) is 7.07. The van der Waals surface area contributed by atoms with Crippen LogP contribution in [0.2, 0.25) is 5.02 Å². The molecule has 2 rings (SSSR count). The molecule has 1 aromatic rings. The Balaban J connectivity index is 2.16. The van der Waals surface area contributed by atoms with Crippen LogP contribution >= 0.6 is 11.6 Å². The van der Waals surface area contributed by atoms with E-state index in [1.54, 1.807) is 0 Å². The molecule has 0 aliphatic carbocycles. The monoisotopic (exact) mass is 285 g/mol. The molecule has 19 heavy (non-hydrogen) atoms. The van der Waals surface area contributed by atoms with Crippen molar-refractivity contribution in [3.8, 4) is 0 Å². The summed E-state index contributed by atoms with van der Waals surface area (Å²) in [6, 6.07) is 0.301. The molecule has 0 spiro atoms. The Kier molecular flexibility index (Phi) is 4.87. The van der Waals surface area contributed by atoms with Crippen molar-refractivity contribution in [2.75, 3.05) is 13.2 Å². The predicted molar refractivity (Wildman–Crippen MR) is 77.6 cm³/mol. The number of ether oxygens (including phenoxy) is 1. The molecule has 5 heteroatoms. The lowest BCUT2D eigenvalue weighted by Crippen LogP contribution is -2.44. The van der Waals surface area contributed by atoms with Gasteiger partial charge in [0.25, 0.3) is 0 Å². The Morgan fingerprint density at radius 3 is 2.79 bits per heavy atom. The SMILES string of the molecule is CCNC(Cc1c(Cl)c(C)nn1C)C1OCCC1C. The van der Waals surface area contributed by atoms with Crippen molar-refractivity contribution in [3.05, 3.63) is 16.4 Å². The third-order valence-corrected chi connectivity index (χ3v) is 4.47. The van der Waals surface area contributed by atoms with Crippen molar-refractivity contribution >= 4 is 11.6 Å². The van der Waals surface area contributed by atoms with E-state index in [0.717, 1.165) is 42.4 Å². The molecule has 1 saturated heterocycles. The van der Waals surface area contributed by atoms with Crippen molar-refractivity contribution in [2.24, 2.45) is 13.0 Å². The van der Waals surface area contributed by atoms with E-state index in [1.165, 1.54) is 0 Å². The topological polar surface area (TPSA) is 39.1 Å². The van der Waals surface area contributed by atoms with E-state index in [2.05, 4.69) is 24.3 Å². The lowest BCUT2D eigenvalue weighted by atomic mass is 9.94. The molecule has 1 aromatic heterocycles. The molecule has 3 unspecified atom stereocenters. The van der Waals surface area contributed by atoms with Gasteiger partial charge in [0.05, 0.1) is 22.5 Å². The summed E-state index contributed by atoms with van der Waals surface area (Å²) in [7, 11) is 1.95. The number of nitrogens with one attached hydrogen (secondary N) is 1. The van der Waals surface area contributed by atoms with Crippen LogP contribution < -0.4 is 5.32 Å². The third kappa shape index (κ3) is 3.12. The summed E-state index contributed by atoms with van der Waals surface area (Å²) in [5, 5.41) is 8.72. The zero-order chi connectivity index (χ0) is 14.0. The number of aryl methyl sites for hydroxylation is 2. The quantitative estimate of drug-likeness (QED) is 0.902. The highest BCUT2D eigenvalue weighted by Gasteiger charge is 2.32. The molecule has 1 fully saturated rings. The van der Waals surface area contributed by atoms with Crippen LogP contribution in [0.1, 0.15) is 31.7 Å². The lowest BCUT2D eigenvalue weighted by Gasteiger charge is -2.27. The molecule has 1 N–H and O–H groups in total. The lowest BCUT2D eigenvalue weighted by molar-refractivity contribution is 0.0610. The fraction of sp³-hybridized carbons (Fsp3) is 0.786. The van der Waals surface area contributed by atoms with E-state index in [4.69, 9.17) is 16.3 Å². The summed E-state index contributed by atoms with van der Waals surface area (Å²) in [5.74, 6) is 0.595. The van der Waals surface area contributed by atoms with E-state index in [9.17, 15) is 0 Å². The normalized spacial score (nSPS) is 24.9. The Labute approximate surface area is 120 Å². The van der Waals surface area contributed by atoms with Crippen molar-refractivity contribution in [3.63, 3.8) is 0 Å². The molecule has 3 atom stereocenters. The minimum absolute atomic E-state index is 0.270. The summed E-state index contributed by atoms with van der Waals surface area (Å²) in [6.45, 7) is 8.14. The van der Waals surface area contributed by atoms with Gasteiger partial charge in [-0.05, 0) is 25.8 Å². The second-order valence-electron chi connectivity index (χ2n) is 5.44. The van der Waals surface area contributed by atoms with Gasteiger partial charge >= 0.3 is 0 Å². The number of hydrogen-bond acceptors (Lipinski definition) is 3. The van der Waals surface area contributed by atoms with E-state index in [0.29, 0.717) is 12.0 Å². The molecule has 2 heterocycles. The molecular weight excluding hydrogens is 262 g/mol. The maximum Gasteiger partial charge on any atom is 0.0847 e. The highest BCUT2D eigenvalue weighted by Crippen LogP contribution is 2.27. The van der Waals surface area contributed by atoms with Gasteiger partial charge in [-0.25, -0.2) is 0 Å². The zero-order valence-corrected chi connectivity index (χ0v) is 13.0. The molecule has 0 radical (unpaired) electrons. The van der Waals surface area contributed by atoms with Crippen LogP contribution in [0, 0.1) is 12.8 Å². The minimum atomic E-state index is 0.270. The van der Waals surface area contributed by atoms with Crippen LogP contribution in [0.3, 0.4) is 0 Å².